The van der Waals surface area contributed by atoms with E-state index in [9.17, 15) is 15.0 Å². The van der Waals surface area contributed by atoms with Crippen LogP contribution in [0.3, 0.4) is 0 Å². The maximum Gasteiger partial charge on any atom is 0.272 e. The van der Waals surface area contributed by atoms with Gasteiger partial charge in [0.15, 0.2) is 0 Å². The summed E-state index contributed by atoms with van der Waals surface area (Å²) in [5.41, 5.74) is 3.40. The predicted molar refractivity (Wildman–Crippen MR) is 102 cm³/mol. The van der Waals surface area contributed by atoms with Crippen molar-refractivity contribution in [2.45, 2.75) is 12.8 Å². The Labute approximate surface area is 158 Å². The van der Waals surface area contributed by atoms with Crippen LogP contribution in [0.15, 0.2) is 47.3 Å². The Morgan fingerprint density at radius 2 is 1.78 bits per heavy atom. The van der Waals surface area contributed by atoms with Gasteiger partial charge in [-0.1, -0.05) is 35.9 Å². The van der Waals surface area contributed by atoms with Crippen molar-refractivity contribution in [3.8, 4) is 17.4 Å². The molecule has 0 saturated heterocycles. The number of nitrogens with zero attached hydrogens (tertiary/aromatic N) is 2. The lowest BCUT2D eigenvalue weighted by atomic mass is 10.0. The van der Waals surface area contributed by atoms with E-state index in [2.05, 4.69) is 10.2 Å². The molecule has 0 bridgehead atoms. The van der Waals surface area contributed by atoms with Crippen LogP contribution in [-0.4, -0.2) is 25.0 Å². The van der Waals surface area contributed by atoms with Crippen molar-refractivity contribution < 1.29 is 10.2 Å². The van der Waals surface area contributed by atoms with E-state index in [1.54, 1.807) is 12.1 Å². The van der Waals surface area contributed by atoms with Crippen molar-refractivity contribution in [1.82, 2.24) is 14.8 Å². The van der Waals surface area contributed by atoms with Gasteiger partial charge >= 0.3 is 0 Å². The first kappa shape index (κ1) is 16.0. The van der Waals surface area contributed by atoms with Crippen LogP contribution in [0.1, 0.15) is 22.4 Å². The van der Waals surface area contributed by atoms with Crippen molar-refractivity contribution in [3.63, 3.8) is 0 Å². The molecule has 2 aromatic heterocycles. The van der Waals surface area contributed by atoms with Crippen LogP contribution < -0.4 is 5.56 Å². The summed E-state index contributed by atoms with van der Waals surface area (Å²) in [5.74, 6) is 0.0448. The van der Waals surface area contributed by atoms with Crippen LogP contribution in [-0.2, 0) is 12.8 Å². The zero-order valence-electron chi connectivity index (χ0n) is 14.0. The molecular weight excluding hydrogens is 366 g/mol. The van der Waals surface area contributed by atoms with Gasteiger partial charge in [-0.25, -0.2) is 9.67 Å². The van der Waals surface area contributed by atoms with Crippen molar-refractivity contribution in [3.05, 3.63) is 80.2 Å². The van der Waals surface area contributed by atoms with Crippen LogP contribution in [0.4, 0.5) is 0 Å². The molecule has 2 aromatic carbocycles. The summed E-state index contributed by atoms with van der Waals surface area (Å²) in [6.07, 6.45) is 1.07. The number of H-pyrrole nitrogens is 1. The van der Waals surface area contributed by atoms with E-state index >= 15 is 0 Å². The molecule has 0 spiro atoms. The number of aromatic hydroxyl groups is 2. The average Bonchev–Trinajstić information content (AvgIpc) is 3.43. The lowest BCUT2D eigenvalue weighted by molar-refractivity contribution is 0.396. The third kappa shape index (κ3) is 2.41. The Balaban J connectivity index is 1.60. The highest BCUT2D eigenvalue weighted by atomic mass is 35.5. The molecule has 1 aliphatic carbocycles. The summed E-state index contributed by atoms with van der Waals surface area (Å²) in [6.45, 7) is 0. The van der Waals surface area contributed by atoms with Gasteiger partial charge in [0.05, 0.1) is 21.8 Å². The Morgan fingerprint density at radius 3 is 2.52 bits per heavy atom. The normalized spacial score (nSPS) is 12.3. The van der Waals surface area contributed by atoms with Gasteiger partial charge in [0.1, 0.15) is 0 Å². The van der Waals surface area contributed by atoms with Crippen LogP contribution >= 0.6 is 11.6 Å². The lowest BCUT2D eigenvalue weighted by Gasteiger charge is -2.13. The second-order valence-electron chi connectivity index (χ2n) is 6.62. The number of hydrogen-bond donors (Lipinski definition) is 3. The average molecular weight is 380 g/mol. The third-order valence-electron chi connectivity index (χ3n) is 4.95. The molecule has 7 heteroatoms. The molecule has 0 aliphatic heterocycles. The summed E-state index contributed by atoms with van der Waals surface area (Å²) >= 11 is 6.32. The van der Waals surface area contributed by atoms with Crippen molar-refractivity contribution >= 4 is 22.4 Å². The minimum absolute atomic E-state index is 0.0224. The number of hydrogen-bond acceptors (Lipinski definition) is 4. The molecule has 0 radical (unpaired) electrons. The standard InChI is InChI=1S/C20H14ClN3O3/c21-15-6-5-10(8-17(15)24-19(26)13-9-14(13)20(24)27)7-16-11-3-1-2-4-12(11)18(25)23-22-16/h1-6,8,26-27H,7,9H2,(H,23,25). The number of rotatable bonds is 3. The molecule has 0 unspecified atom stereocenters. The maximum absolute atomic E-state index is 12.0. The Hall–Kier alpha value is -3.25. The van der Waals surface area contributed by atoms with E-state index in [4.69, 9.17) is 11.6 Å². The van der Waals surface area contributed by atoms with Gasteiger partial charge in [0.25, 0.3) is 5.56 Å². The van der Waals surface area contributed by atoms with Crippen molar-refractivity contribution in [2.24, 2.45) is 0 Å². The predicted octanol–water partition coefficient (Wildman–Crippen LogP) is 3.27. The molecule has 2 heterocycles. The summed E-state index contributed by atoms with van der Waals surface area (Å²) in [4.78, 5) is 12.0. The molecule has 0 atom stereocenters. The summed E-state index contributed by atoms with van der Waals surface area (Å²) in [5, 5.41) is 29.1. The van der Waals surface area contributed by atoms with E-state index in [1.165, 1.54) is 4.57 Å². The highest BCUT2D eigenvalue weighted by Crippen LogP contribution is 2.48. The first-order valence-corrected chi connectivity index (χ1v) is 8.82. The number of benzene rings is 2. The number of aromatic nitrogens is 3. The lowest BCUT2D eigenvalue weighted by Crippen LogP contribution is -2.11. The summed E-state index contributed by atoms with van der Waals surface area (Å²) in [6, 6.07) is 12.7. The largest absolute Gasteiger partial charge is 0.494 e. The number of fused-ring (bicyclic) bond motifs is 2. The molecule has 5 rings (SSSR count). The molecular formula is C20H14ClN3O3. The second kappa shape index (κ2) is 5.62. The van der Waals surface area contributed by atoms with Crippen molar-refractivity contribution in [1.29, 1.82) is 0 Å². The zero-order chi connectivity index (χ0) is 18.7. The zero-order valence-corrected chi connectivity index (χ0v) is 14.8. The number of halogens is 1. The van der Waals surface area contributed by atoms with Gasteiger partial charge in [0.2, 0.25) is 11.8 Å². The summed E-state index contributed by atoms with van der Waals surface area (Å²) < 4.78 is 1.36. The second-order valence-corrected chi connectivity index (χ2v) is 7.03. The highest BCUT2D eigenvalue weighted by Gasteiger charge is 2.34. The smallest absolute Gasteiger partial charge is 0.272 e. The molecule has 27 heavy (non-hydrogen) atoms. The van der Waals surface area contributed by atoms with Gasteiger partial charge in [-0.2, -0.15) is 5.10 Å². The van der Waals surface area contributed by atoms with Gasteiger partial charge in [0, 0.05) is 29.4 Å². The SMILES string of the molecule is O=c1[nH]nc(Cc2ccc(Cl)c(-n3c(O)c4c(c3O)C4)c2)c2ccccc12. The highest BCUT2D eigenvalue weighted by molar-refractivity contribution is 6.32. The maximum atomic E-state index is 12.0. The molecule has 6 nitrogen and oxygen atoms in total. The first-order valence-electron chi connectivity index (χ1n) is 8.44. The molecule has 0 saturated carbocycles. The van der Waals surface area contributed by atoms with E-state index < -0.39 is 0 Å². The van der Waals surface area contributed by atoms with Crippen LogP contribution in [0, 0.1) is 0 Å². The third-order valence-corrected chi connectivity index (χ3v) is 5.27. The fourth-order valence-electron chi connectivity index (χ4n) is 3.50. The van der Waals surface area contributed by atoms with Crippen LogP contribution in [0.2, 0.25) is 5.02 Å². The van der Waals surface area contributed by atoms with Gasteiger partial charge in [-0.3, -0.25) is 4.79 Å². The fourth-order valence-corrected chi connectivity index (χ4v) is 3.70. The molecule has 134 valence electrons. The van der Waals surface area contributed by atoms with Gasteiger partial charge in [-0.15, -0.1) is 0 Å². The molecule has 0 amide bonds. The quantitative estimate of drug-likeness (QED) is 0.448. The summed E-state index contributed by atoms with van der Waals surface area (Å²) in [7, 11) is 0. The monoisotopic (exact) mass is 379 g/mol. The first-order chi connectivity index (χ1) is 13.0. The Bertz CT molecular complexity index is 1260. The minimum Gasteiger partial charge on any atom is -0.494 e. The van der Waals surface area contributed by atoms with Crippen molar-refractivity contribution in [2.75, 3.05) is 0 Å². The fraction of sp³-hybridized carbons (Fsp3) is 0.100. The van der Waals surface area contributed by atoms with Gasteiger partial charge < -0.3 is 10.2 Å². The van der Waals surface area contributed by atoms with E-state index in [0.29, 0.717) is 28.9 Å². The number of nitrogens with one attached hydrogen (secondary N) is 1. The molecule has 0 fully saturated rings. The Kier molecular flexibility index (Phi) is 3.32. The minimum atomic E-state index is -0.226. The van der Waals surface area contributed by atoms with Crippen LogP contribution in [0.25, 0.3) is 16.5 Å². The topological polar surface area (TPSA) is 91.1 Å². The molecule has 1 aliphatic rings. The molecule has 4 aromatic rings. The van der Waals surface area contributed by atoms with E-state index in [1.807, 2.05) is 30.3 Å². The van der Waals surface area contributed by atoms with E-state index in [0.717, 1.165) is 27.8 Å². The van der Waals surface area contributed by atoms with Gasteiger partial charge in [-0.05, 0) is 23.8 Å². The van der Waals surface area contributed by atoms with E-state index in [-0.39, 0.29) is 17.3 Å². The van der Waals surface area contributed by atoms with Crippen LogP contribution in [0.5, 0.6) is 11.8 Å². The molecule has 3 N–H and O–H groups in total. The number of aromatic amines is 1. The Morgan fingerprint density at radius 1 is 1.07 bits per heavy atom.